The Morgan fingerprint density at radius 2 is 1.97 bits per heavy atom. The second kappa shape index (κ2) is 8.74. The molecule has 4 heteroatoms. The molecular formula is C28H42O4. The topological polar surface area (TPSA) is 63.6 Å². The van der Waals surface area contributed by atoms with Crippen molar-refractivity contribution in [1.29, 1.82) is 0 Å². The molecule has 0 aromatic heterocycles. The van der Waals surface area contributed by atoms with Gasteiger partial charge in [-0.1, -0.05) is 39.3 Å². The van der Waals surface area contributed by atoms with Gasteiger partial charge in [0.2, 0.25) is 0 Å². The van der Waals surface area contributed by atoms with Crippen LogP contribution >= 0.6 is 0 Å². The standard InChI is InChI=1S/C28H42O4/c1-6-19-23-16-18(29)12-14-28(23,5)22-13-15-27(4)20(9-10-21(27)25(22)26(19)31)17(3)8-11-24(30)32-7-2/h8,11,16-17,19-22,25-26,31H,6-7,9-10,12-15H2,1-5H3/b11-8+/t17?,19-,20+,21-,22-,25-,26-,27+,28+/m0/s1. The van der Waals surface area contributed by atoms with Crippen LogP contribution in [-0.2, 0) is 14.3 Å². The summed E-state index contributed by atoms with van der Waals surface area (Å²) in [5.41, 5.74) is 1.47. The van der Waals surface area contributed by atoms with E-state index in [-0.39, 0.29) is 34.6 Å². The number of ether oxygens (including phenoxy) is 1. The minimum atomic E-state index is -0.357. The van der Waals surface area contributed by atoms with Crippen molar-refractivity contribution in [2.75, 3.05) is 6.61 Å². The van der Waals surface area contributed by atoms with Crippen molar-refractivity contribution in [1.82, 2.24) is 0 Å². The molecule has 0 heterocycles. The molecule has 32 heavy (non-hydrogen) atoms. The van der Waals surface area contributed by atoms with Gasteiger partial charge in [-0.05, 0) is 91.9 Å². The van der Waals surface area contributed by atoms with E-state index < -0.39 is 0 Å². The zero-order chi connectivity index (χ0) is 23.3. The van der Waals surface area contributed by atoms with E-state index in [4.69, 9.17) is 4.74 Å². The molecule has 0 aromatic carbocycles. The first-order chi connectivity index (χ1) is 15.2. The lowest BCUT2D eigenvalue weighted by atomic mass is 9.43. The summed E-state index contributed by atoms with van der Waals surface area (Å²) in [5, 5.41) is 11.7. The number of ketones is 1. The molecular weight excluding hydrogens is 400 g/mol. The van der Waals surface area contributed by atoms with E-state index in [0.717, 1.165) is 32.1 Å². The van der Waals surface area contributed by atoms with Gasteiger partial charge >= 0.3 is 5.97 Å². The number of carbonyl (C=O) groups is 2. The molecule has 0 aromatic rings. The Morgan fingerprint density at radius 1 is 1.22 bits per heavy atom. The molecule has 3 saturated carbocycles. The van der Waals surface area contributed by atoms with Crippen LogP contribution in [0.15, 0.2) is 23.8 Å². The number of hydrogen-bond acceptors (Lipinski definition) is 4. The molecule has 4 nitrogen and oxygen atoms in total. The normalized spacial score (nSPS) is 44.4. The van der Waals surface area contributed by atoms with Crippen LogP contribution in [0.1, 0.15) is 79.6 Å². The molecule has 9 atom stereocenters. The van der Waals surface area contributed by atoms with E-state index in [9.17, 15) is 14.7 Å². The summed E-state index contributed by atoms with van der Waals surface area (Å²) < 4.78 is 5.08. The minimum absolute atomic E-state index is 0.0489. The predicted octanol–water partition coefficient (Wildman–Crippen LogP) is 5.50. The molecule has 0 radical (unpaired) electrons. The van der Waals surface area contributed by atoms with Gasteiger partial charge in [-0.3, -0.25) is 4.79 Å². The Hall–Kier alpha value is -1.42. The largest absolute Gasteiger partial charge is 0.463 e. The molecule has 0 amide bonds. The lowest BCUT2D eigenvalue weighted by molar-refractivity contribution is -0.137. The Kier molecular flexibility index (Phi) is 6.48. The van der Waals surface area contributed by atoms with Crippen molar-refractivity contribution in [3.8, 4) is 0 Å². The number of hydrogen-bond donors (Lipinski definition) is 1. The van der Waals surface area contributed by atoms with Gasteiger partial charge in [-0.2, -0.15) is 0 Å². The van der Waals surface area contributed by atoms with Crippen molar-refractivity contribution in [2.24, 2.45) is 46.3 Å². The molecule has 0 saturated heterocycles. The summed E-state index contributed by atoms with van der Waals surface area (Å²) in [6, 6.07) is 0. The van der Waals surface area contributed by atoms with Gasteiger partial charge in [0.25, 0.3) is 0 Å². The highest BCUT2D eigenvalue weighted by molar-refractivity contribution is 5.91. The second-order valence-electron chi connectivity index (χ2n) is 11.5. The summed E-state index contributed by atoms with van der Waals surface area (Å²) in [7, 11) is 0. The van der Waals surface area contributed by atoms with Crippen molar-refractivity contribution in [3.63, 3.8) is 0 Å². The number of carbonyl (C=O) groups excluding carboxylic acids is 2. The van der Waals surface area contributed by atoms with Crippen LogP contribution in [0, 0.1) is 46.3 Å². The lowest BCUT2D eigenvalue weighted by Crippen LogP contribution is -2.58. The third kappa shape index (κ3) is 3.61. The summed E-state index contributed by atoms with van der Waals surface area (Å²) in [6.45, 7) is 11.5. The average Bonchev–Trinajstić information content (AvgIpc) is 3.11. The molecule has 0 aliphatic heterocycles. The molecule has 178 valence electrons. The molecule has 4 rings (SSSR count). The number of aliphatic hydroxyl groups excluding tert-OH is 1. The number of esters is 1. The third-order valence-corrected chi connectivity index (χ3v) is 10.2. The molecule has 0 bridgehead atoms. The van der Waals surface area contributed by atoms with Gasteiger partial charge in [0, 0.05) is 18.4 Å². The van der Waals surface area contributed by atoms with E-state index in [2.05, 4.69) is 27.7 Å². The summed E-state index contributed by atoms with van der Waals surface area (Å²) >= 11 is 0. The number of rotatable bonds is 5. The van der Waals surface area contributed by atoms with E-state index in [1.807, 2.05) is 19.1 Å². The first-order valence-corrected chi connectivity index (χ1v) is 12.9. The molecule has 1 N–H and O–H groups in total. The van der Waals surface area contributed by atoms with Crippen LogP contribution in [0.2, 0.25) is 0 Å². The SMILES string of the molecule is CCOC(=O)/C=C/C(C)[C@H]1CC[C@H]2[C@@H]3[C@@H](O)[C@@H](CC)C4=CC(=O)CC[C@]4(C)[C@H]3CC[C@]12C. The van der Waals surface area contributed by atoms with Gasteiger partial charge in [0.05, 0.1) is 12.7 Å². The van der Waals surface area contributed by atoms with E-state index >= 15 is 0 Å². The monoisotopic (exact) mass is 442 g/mol. The van der Waals surface area contributed by atoms with Gasteiger partial charge in [0.15, 0.2) is 5.78 Å². The van der Waals surface area contributed by atoms with Gasteiger partial charge in [-0.15, -0.1) is 0 Å². The quantitative estimate of drug-likeness (QED) is 0.451. The van der Waals surface area contributed by atoms with E-state index in [1.165, 1.54) is 12.0 Å². The molecule has 0 spiro atoms. The Balaban J connectivity index is 1.62. The molecule has 3 fully saturated rings. The number of aliphatic hydroxyl groups is 1. The van der Waals surface area contributed by atoms with Crippen molar-refractivity contribution in [2.45, 2.75) is 85.7 Å². The van der Waals surface area contributed by atoms with E-state index in [1.54, 1.807) is 6.08 Å². The molecule has 4 aliphatic rings. The van der Waals surface area contributed by atoms with Crippen LogP contribution < -0.4 is 0 Å². The smallest absolute Gasteiger partial charge is 0.330 e. The maximum Gasteiger partial charge on any atom is 0.330 e. The fourth-order valence-electron chi connectivity index (χ4n) is 8.65. The van der Waals surface area contributed by atoms with Crippen molar-refractivity contribution < 1.29 is 19.4 Å². The fraction of sp³-hybridized carbons (Fsp3) is 0.786. The van der Waals surface area contributed by atoms with Gasteiger partial charge < -0.3 is 9.84 Å². The summed E-state index contributed by atoms with van der Waals surface area (Å²) in [5.74, 6) is 2.19. The van der Waals surface area contributed by atoms with Crippen LogP contribution in [0.5, 0.6) is 0 Å². The van der Waals surface area contributed by atoms with Crippen LogP contribution in [0.3, 0.4) is 0 Å². The second-order valence-corrected chi connectivity index (χ2v) is 11.5. The Morgan fingerprint density at radius 3 is 2.66 bits per heavy atom. The van der Waals surface area contributed by atoms with Crippen LogP contribution in [0.25, 0.3) is 0 Å². The maximum atomic E-state index is 12.3. The summed E-state index contributed by atoms with van der Waals surface area (Å²) in [4.78, 5) is 24.1. The Labute approximate surface area is 193 Å². The van der Waals surface area contributed by atoms with E-state index in [0.29, 0.717) is 42.6 Å². The van der Waals surface area contributed by atoms with Gasteiger partial charge in [0.1, 0.15) is 0 Å². The summed E-state index contributed by atoms with van der Waals surface area (Å²) in [6.07, 6.45) is 12.3. The van der Waals surface area contributed by atoms with Gasteiger partial charge in [-0.25, -0.2) is 4.79 Å². The minimum Gasteiger partial charge on any atom is -0.463 e. The zero-order valence-corrected chi connectivity index (χ0v) is 20.6. The highest BCUT2D eigenvalue weighted by atomic mass is 16.5. The average molecular weight is 443 g/mol. The first-order valence-electron chi connectivity index (χ1n) is 12.9. The van der Waals surface area contributed by atoms with Crippen molar-refractivity contribution in [3.05, 3.63) is 23.8 Å². The molecule has 4 aliphatic carbocycles. The Bertz CT molecular complexity index is 812. The predicted molar refractivity (Wildman–Crippen MR) is 126 cm³/mol. The third-order valence-electron chi connectivity index (χ3n) is 10.2. The first kappa shape index (κ1) is 23.7. The van der Waals surface area contributed by atoms with Crippen LogP contribution in [0.4, 0.5) is 0 Å². The zero-order valence-electron chi connectivity index (χ0n) is 20.6. The lowest BCUT2D eigenvalue weighted by Gasteiger charge is -2.61. The van der Waals surface area contributed by atoms with Crippen molar-refractivity contribution >= 4 is 11.8 Å². The molecule has 1 unspecified atom stereocenters. The maximum absolute atomic E-state index is 12.3. The number of fused-ring (bicyclic) bond motifs is 5. The highest BCUT2D eigenvalue weighted by Gasteiger charge is 2.63. The number of allylic oxidation sites excluding steroid dienone is 1. The fourth-order valence-corrected chi connectivity index (χ4v) is 8.65. The highest BCUT2D eigenvalue weighted by Crippen LogP contribution is 2.68. The van der Waals surface area contributed by atoms with Crippen LogP contribution in [-0.4, -0.2) is 29.6 Å².